The Kier molecular flexibility index (Phi) is 3.31. The smallest absolute Gasteiger partial charge is 0.359 e. The van der Waals surface area contributed by atoms with Crippen LogP contribution >= 0.6 is 0 Å². The first kappa shape index (κ1) is 12.2. The highest BCUT2D eigenvalue weighted by Crippen LogP contribution is 2.10. The number of carbonyl (C=O) groups excluding carboxylic acids is 1. The Balaban J connectivity index is 2.71. The number of hydrogen-bond donors (Lipinski definition) is 1. The lowest BCUT2D eigenvalue weighted by atomic mass is 10.2. The second-order valence-corrected chi connectivity index (χ2v) is 4.29. The van der Waals surface area contributed by atoms with Crippen molar-refractivity contribution in [1.82, 2.24) is 9.78 Å². The van der Waals surface area contributed by atoms with Gasteiger partial charge in [-0.05, 0) is 26.8 Å². The van der Waals surface area contributed by atoms with Crippen LogP contribution in [0.5, 0.6) is 0 Å². The van der Waals surface area contributed by atoms with Gasteiger partial charge in [0, 0.05) is 6.20 Å². The molecule has 0 fully saturated rings. The van der Waals surface area contributed by atoms with Crippen molar-refractivity contribution in [2.24, 2.45) is 0 Å². The second-order valence-electron chi connectivity index (χ2n) is 4.29. The molecule has 0 aliphatic carbocycles. The zero-order valence-electron chi connectivity index (χ0n) is 9.43. The molecule has 0 aliphatic rings. The van der Waals surface area contributed by atoms with Crippen LogP contribution in [-0.2, 0) is 16.1 Å². The van der Waals surface area contributed by atoms with E-state index in [1.807, 2.05) is 0 Å². The summed E-state index contributed by atoms with van der Waals surface area (Å²) < 4.78 is 6.25. The van der Waals surface area contributed by atoms with Crippen LogP contribution in [-0.4, -0.2) is 32.4 Å². The van der Waals surface area contributed by atoms with Gasteiger partial charge in [0.15, 0.2) is 5.69 Å². The van der Waals surface area contributed by atoms with Gasteiger partial charge in [0.2, 0.25) is 0 Å². The highest BCUT2D eigenvalue weighted by Gasteiger charge is 2.19. The highest BCUT2D eigenvalue weighted by atomic mass is 16.6. The molecule has 0 atom stereocenters. The molecule has 1 aromatic heterocycles. The van der Waals surface area contributed by atoms with Crippen molar-refractivity contribution in [3.8, 4) is 0 Å². The summed E-state index contributed by atoms with van der Waals surface area (Å²) in [6.07, 6.45) is 1.42. The summed E-state index contributed by atoms with van der Waals surface area (Å²) in [4.78, 5) is 21.9. The minimum absolute atomic E-state index is 0.108. The predicted octanol–water partition coefficient (Wildman–Crippen LogP) is 0.923. The molecule has 0 saturated heterocycles. The molecule has 1 N–H and O–H groups in total. The molecule has 0 radical (unpaired) electrons. The van der Waals surface area contributed by atoms with Crippen molar-refractivity contribution >= 4 is 11.9 Å². The SMILES string of the molecule is CC(C)(C)OC(=O)c1ccn(CC(=O)O)n1. The average molecular weight is 226 g/mol. The van der Waals surface area contributed by atoms with Gasteiger partial charge in [0.25, 0.3) is 0 Å². The van der Waals surface area contributed by atoms with Crippen molar-refractivity contribution in [3.63, 3.8) is 0 Å². The summed E-state index contributed by atoms with van der Waals surface area (Å²) in [5.41, 5.74) is -0.482. The van der Waals surface area contributed by atoms with Crippen LogP contribution in [0, 0.1) is 0 Å². The van der Waals surface area contributed by atoms with E-state index in [9.17, 15) is 9.59 Å². The van der Waals surface area contributed by atoms with Crippen molar-refractivity contribution in [3.05, 3.63) is 18.0 Å². The normalized spacial score (nSPS) is 11.2. The molecule has 6 heteroatoms. The van der Waals surface area contributed by atoms with Crippen LogP contribution in [0.2, 0.25) is 0 Å². The Morgan fingerprint density at radius 2 is 2.12 bits per heavy atom. The molecule has 6 nitrogen and oxygen atoms in total. The van der Waals surface area contributed by atoms with Gasteiger partial charge < -0.3 is 9.84 Å². The molecule has 1 aromatic rings. The topological polar surface area (TPSA) is 81.4 Å². The summed E-state index contributed by atoms with van der Waals surface area (Å²) in [5, 5.41) is 12.3. The number of carbonyl (C=O) groups is 2. The van der Waals surface area contributed by atoms with Gasteiger partial charge in [-0.2, -0.15) is 5.10 Å². The second kappa shape index (κ2) is 4.34. The quantitative estimate of drug-likeness (QED) is 0.775. The molecule has 1 rings (SSSR count). The van der Waals surface area contributed by atoms with Gasteiger partial charge in [0.1, 0.15) is 12.1 Å². The third-order valence-corrected chi connectivity index (χ3v) is 1.55. The Hall–Kier alpha value is -1.85. The fraction of sp³-hybridized carbons (Fsp3) is 0.500. The first-order chi connectivity index (χ1) is 7.28. The monoisotopic (exact) mass is 226 g/mol. The highest BCUT2D eigenvalue weighted by molar-refractivity contribution is 5.87. The molecule has 0 aromatic carbocycles. The fourth-order valence-electron chi connectivity index (χ4n) is 1.03. The third-order valence-electron chi connectivity index (χ3n) is 1.55. The summed E-state index contributed by atoms with van der Waals surface area (Å²) in [7, 11) is 0. The Labute approximate surface area is 92.8 Å². The minimum atomic E-state index is -1.01. The standard InChI is InChI=1S/C10H14N2O4/c1-10(2,3)16-9(15)7-4-5-12(11-7)6-8(13)14/h4-5H,6H2,1-3H3,(H,13,14). The first-order valence-electron chi connectivity index (χ1n) is 4.76. The number of rotatable bonds is 3. The molecular weight excluding hydrogens is 212 g/mol. The fourth-order valence-corrected chi connectivity index (χ4v) is 1.03. The van der Waals surface area contributed by atoms with Gasteiger partial charge in [-0.3, -0.25) is 9.48 Å². The van der Waals surface area contributed by atoms with Gasteiger partial charge in [0.05, 0.1) is 0 Å². The summed E-state index contributed by atoms with van der Waals surface area (Å²) >= 11 is 0. The lowest BCUT2D eigenvalue weighted by Gasteiger charge is -2.18. The van der Waals surface area contributed by atoms with Gasteiger partial charge in [-0.25, -0.2) is 4.79 Å². The van der Waals surface area contributed by atoms with Crippen LogP contribution in [0.15, 0.2) is 12.3 Å². The first-order valence-corrected chi connectivity index (χ1v) is 4.76. The van der Waals surface area contributed by atoms with Crippen LogP contribution < -0.4 is 0 Å². The average Bonchev–Trinajstić information content (AvgIpc) is 2.48. The molecular formula is C10H14N2O4. The molecule has 88 valence electrons. The van der Waals surface area contributed by atoms with Crippen LogP contribution in [0.25, 0.3) is 0 Å². The van der Waals surface area contributed by atoms with E-state index in [1.54, 1.807) is 20.8 Å². The van der Waals surface area contributed by atoms with Crippen molar-refractivity contribution in [2.45, 2.75) is 32.9 Å². The molecule has 0 saturated carbocycles. The lowest BCUT2D eigenvalue weighted by molar-refractivity contribution is -0.137. The van der Waals surface area contributed by atoms with Crippen LogP contribution in [0.3, 0.4) is 0 Å². The zero-order valence-corrected chi connectivity index (χ0v) is 9.43. The van der Waals surface area contributed by atoms with Crippen molar-refractivity contribution in [1.29, 1.82) is 0 Å². The van der Waals surface area contributed by atoms with E-state index in [2.05, 4.69) is 5.10 Å². The Morgan fingerprint density at radius 3 is 2.62 bits per heavy atom. The maximum Gasteiger partial charge on any atom is 0.359 e. The van der Waals surface area contributed by atoms with E-state index < -0.39 is 17.5 Å². The zero-order chi connectivity index (χ0) is 12.3. The van der Waals surface area contributed by atoms with Gasteiger partial charge >= 0.3 is 11.9 Å². The predicted molar refractivity (Wildman–Crippen MR) is 55.0 cm³/mol. The number of carboxylic acids is 1. The molecule has 0 spiro atoms. The number of aromatic nitrogens is 2. The molecule has 0 bridgehead atoms. The van der Waals surface area contributed by atoms with Crippen LogP contribution in [0.4, 0.5) is 0 Å². The third kappa shape index (κ3) is 3.72. The number of ether oxygens (including phenoxy) is 1. The number of hydrogen-bond acceptors (Lipinski definition) is 4. The Morgan fingerprint density at radius 1 is 1.50 bits per heavy atom. The largest absolute Gasteiger partial charge is 0.480 e. The summed E-state index contributed by atoms with van der Waals surface area (Å²) in [6.45, 7) is 4.97. The molecule has 1 heterocycles. The van der Waals surface area contributed by atoms with Crippen molar-refractivity contribution in [2.75, 3.05) is 0 Å². The van der Waals surface area contributed by atoms with Crippen molar-refractivity contribution < 1.29 is 19.4 Å². The summed E-state index contributed by atoms with van der Waals surface area (Å²) in [5.74, 6) is -1.57. The maximum atomic E-state index is 11.5. The van der Waals surface area contributed by atoms with E-state index >= 15 is 0 Å². The van der Waals surface area contributed by atoms with E-state index in [1.165, 1.54) is 16.9 Å². The lowest BCUT2D eigenvalue weighted by Crippen LogP contribution is -2.24. The number of nitrogens with zero attached hydrogens (tertiary/aromatic N) is 2. The molecule has 16 heavy (non-hydrogen) atoms. The molecule has 0 amide bonds. The Bertz CT molecular complexity index is 403. The van der Waals surface area contributed by atoms with Crippen LogP contribution in [0.1, 0.15) is 31.3 Å². The van der Waals surface area contributed by atoms with E-state index in [-0.39, 0.29) is 12.2 Å². The number of carboxylic acid groups (broad SMARTS) is 1. The minimum Gasteiger partial charge on any atom is -0.480 e. The number of aliphatic carboxylic acids is 1. The van der Waals surface area contributed by atoms with E-state index in [0.29, 0.717) is 0 Å². The van der Waals surface area contributed by atoms with E-state index in [4.69, 9.17) is 9.84 Å². The molecule has 0 unspecified atom stereocenters. The molecule has 0 aliphatic heterocycles. The summed E-state index contributed by atoms with van der Waals surface area (Å²) in [6, 6.07) is 1.43. The van der Waals surface area contributed by atoms with E-state index in [0.717, 1.165) is 0 Å². The number of esters is 1. The van der Waals surface area contributed by atoms with Gasteiger partial charge in [-0.1, -0.05) is 0 Å². The maximum absolute atomic E-state index is 11.5. The van der Waals surface area contributed by atoms with Gasteiger partial charge in [-0.15, -0.1) is 0 Å².